The van der Waals surface area contributed by atoms with Gasteiger partial charge >= 0.3 is 0 Å². The van der Waals surface area contributed by atoms with E-state index in [1.54, 1.807) is 0 Å². The van der Waals surface area contributed by atoms with Crippen LogP contribution in [0.15, 0.2) is 36.7 Å². The lowest BCUT2D eigenvalue weighted by Gasteiger charge is -2.08. The number of rotatable bonds is 5. The molecule has 0 saturated heterocycles. The lowest BCUT2D eigenvalue weighted by atomic mass is 10.1. The van der Waals surface area contributed by atoms with E-state index in [1.807, 2.05) is 30.2 Å². The summed E-state index contributed by atoms with van der Waals surface area (Å²) in [6.45, 7) is 1.02. The molecule has 1 heterocycles. The van der Waals surface area contributed by atoms with E-state index in [4.69, 9.17) is 0 Å². The molecule has 0 saturated carbocycles. The fourth-order valence-corrected chi connectivity index (χ4v) is 2.14. The van der Waals surface area contributed by atoms with Gasteiger partial charge in [-0.3, -0.25) is 4.98 Å². The van der Waals surface area contributed by atoms with Gasteiger partial charge < -0.3 is 5.32 Å². The van der Waals surface area contributed by atoms with E-state index in [-0.39, 0.29) is 0 Å². The molecule has 0 radical (unpaired) electrons. The summed E-state index contributed by atoms with van der Waals surface area (Å²) in [5.74, 6) is 1.20. The SMILES string of the molecule is CSCCCNc1cccc2ccncc12. The lowest BCUT2D eigenvalue weighted by molar-refractivity contribution is 0.995. The zero-order valence-electron chi connectivity index (χ0n) is 9.44. The number of benzene rings is 1. The van der Waals surface area contributed by atoms with Crippen LogP contribution in [0.3, 0.4) is 0 Å². The summed E-state index contributed by atoms with van der Waals surface area (Å²) in [5, 5.41) is 5.91. The predicted octanol–water partition coefficient (Wildman–Crippen LogP) is 3.40. The molecule has 0 atom stereocenters. The van der Waals surface area contributed by atoms with Crippen LogP contribution in [-0.2, 0) is 0 Å². The minimum absolute atomic E-state index is 1.02. The van der Waals surface area contributed by atoms with Crippen molar-refractivity contribution in [1.29, 1.82) is 0 Å². The number of hydrogen-bond donors (Lipinski definition) is 1. The van der Waals surface area contributed by atoms with Crippen molar-refractivity contribution in [2.24, 2.45) is 0 Å². The Labute approximate surface area is 100 Å². The normalized spacial score (nSPS) is 10.6. The van der Waals surface area contributed by atoms with E-state index in [1.165, 1.54) is 28.6 Å². The van der Waals surface area contributed by atoms with E-state index in [9.17, 15) is 0 Å². The highest BCUT2D eigenvalue weighted by atomic mass is 32.2. The number of thioether (sulfide) groups is 1. The molecule has 2 aromatic rings. The van der Waals surface area contributed by atoms with Crippen LogP contribution in [0.1, 0.15) is 6.42 Å². The molecule has 0 aliphatic heterocycles. The molecule has 0 aliphatic rings. The van der Waals surface area contributed by atoms with Gasteiger partial charge in [0.1, 0.15) is 0 Å². The molecule has 0 bridgehead atoms. The summed E-state index contributed by atoms with van der Waals surface area (Å²) in [6.07, 6.45) is 7.09. The van der Waals surface area contributed by atoms with Crippen molar-refractivity contribution in [3.63, 3.8) is 0 Å². The Hall–Kier alpha value is -1.22. The maximum atomic E-state index is 4.17. The van der Waals surface area contributed by atoms with Gasteiger partial charge in [0.2, 0.25) is 0 Å². The summed E-state index contributed by atoms with van der Waals surface area (Å²) in [5.41, 5.74) is 1.19. The van der Waals surface area contributed by atoms with Crippen molar-refractivity contribution in [3.8, 4) is 0 Å². The summed E-state index contributed by atoms with van der Waals surface area (Å²) in [6, 6.07) is 8.36. The van der Waals surface area contributed by atoms with Crippen molar-refractivity contribution < 1.29 is 0 Å². The molecule has 1 aromatic carbocycles. The molecule has 84 valence electrons. The first-order valence-electron chi connectivity index (χ1n) is 5.47. The molecule has 0 aliphatic carbocycles. The number of aromatic nitrogens is 1. The summed E-state index contributed by atoms with van der Waals surface area (Å²) >= 11 is 1.89. The van der Waals surface area contributed by atoms with Gasteiger partial charge in [-0.2, -0.15) is 11.8 Å². The lowest BCUT2D eigenvalue weighted by Crippen LogP contribution is -2.02. The molecule has 1 aromatic heterocycles. The maximum Gasteiger partial charge on any atom is 0.0435 e. The largest absolute Gasteiger partial charge is 0.384 e. The van der Waals surface area contributed by atoms with E-state index >= 15 is 0 Å². The van der Waals surface area contributed by atoms with E-state index in [2.05, 4.69) is 34.8 Å². The number of pyridine rings is 1. The second-order valence-corrected chi connectivity index (χ2v) is 4.66. The van der Waals surface area contributed by atoms with Crippen LogP contribution in [0.25, 0.3) is 10.8 Å². The molecule has 2 rings (SSSR count). The number of fused-ring (bicyclic) bond motifs is 1. The first-order chi connectivity index (χ1) is 7.92. The first kappa shape index (κ1) is 11.3. The van der Waals surface area contributed by atoms with Gasteiger partial charge in [-0.25, -0.2) is 0 Å². The Kier molecular flexibility index (Phi) is 4.05. The third-order valence-electron chi connectivity index (χ3n) is 2.52. The highest BCUT2D eigenvalue weighted by Gasteiger charge is 1.98. The molecule has 3 heteroatoms. The number of nitrogens with zero attached hydrogens (tertiary/aromatic N) is 1. The zero-order chi connectivity index (χ0) is 11.2. The van der Waals surface area contributed by atoms with Crippen molar-refractivity contribution in [1.82, 2.24) is 4.98 Å². The third kappa shape index (κ3) is 2.67. The predicted molar refractivity (Wildman–Crippen MR) is 73.2 cm³/mol. The van der Waals surface area contributed by atoms with Crippen LogP contribution in [0, 0.1) is 0 Å². The fraction of sp³-hybridized carbons (Fsp3) is 0.308. The minimum atomic E-state index is 1.02. The molecule has 0 fully saturated rings. The van der Waals surface area contributed by atoms with Gasteiger partial charge in [0.25, 0.3) is 0 Å². The quantitative estimate of drug-likeness (QED) is 0.800. The molecule has 2 nitrogen and oxygen atoms in total. The number of anilines is 1. The molecule has 16 heavy (non-hydrogen) atoms. The van der Waals surface area contributed by atoms with Crippen LogP contribution in [0.5, 0.6) is 0 Å². The Morgan fingerprint density at radius 1 is 1.31 bits per heavy atom. The van der Waals surface area contributed by atoms with Crippen LogP contribution in [0.2, 0.25) is 0 Å². The number of nitrogens with one attached hydrogen (secondary N) is 1. The van der Waals surface area contributed by atoms with Gasteiger partial charge in [0.05, 0.1) is 0 Å². The summed E-state index contributed by atoms with van der Waals surface area (Å²) in [4.78, 5) is 4.17. The highest BCUT2D eigenvalue weighted by molar-refractivity contribution is 7.98. The van der Waals surface area contributed by atoms with Crippen LogP contribution in [-0.4, -0.2) is 23.5 Å². The topological polar surface area (TPSA) is 24.9 Å². The van der Waals surface area contributed by atoms with Crippen molar-refractivity contribution in [2.45, 2.75) is 6.42 Å². The fourth-order valence-electron chi connectivity index (χ4n) is 1.71. The standard InChI is InChI=1S/C13H16N2S/c1-16-9-3-7-15-13-5-2-4-11-6-8-14-10-12(11)13/h2,4-6,8,10,15H,3,7,9H2,1H3. The second-order valence-electron chi connectivity index (χ2n) is 3.68. The Bertz CT molecular complexity index is 451. The zero-order valence-corrected chi connectivity index (χ0v) is 10.3. The van der Waals surface area contributed by atoms with E-state index in [0.717, 1.165) is 6.54 Å². The smallest absolute Gasteiger partial charge is 0.0435 e. The molecule has 0 amide bonds. The molecule has 1 N–H and O–H groups in total. The monoisotopic (exact) mass is 232 g/mol. The van der Waals surface area contributed by atoms with Crippen LogP contribution >= 0.6 is 11.8 Å². The summed E-state index contributed by atoms with van der Waals surface area (Å²) < 4.78 is 0. The van der Waals surface area contributed by atoms with Crippen LogP contribution < -0.4 is 5.32 Å². The highest BCUT2D eigenvalue weighted by Crippen LogP contribution is 2.21. The Balaban J connectivity index is 2.11. The van der Waals surface area contributed by atoms with Gasteiger partial charge in [-0.1, -0.05) is 12.1 Å². The van der Waals surface area contributed by atoms with Crippen LogP contribution in [0.4, 0.5) is 5.69 Å². The number of hydrogen-bond acceptors (Lipinski definition) is 3. The molecule has 0 unspecified atom stereocenters. The van der Waals surface area contributed by atoms with Gasteiger partial charge in [-0.05, 0) is 35.9 Å². The Morgan fingerprint density at radius 2 is 2.25 bits per heavy atom. The van der Waals surface area contributed by atoms with Gasteiger partial charge in [0.15, 0.2) is 0 Å². The third-order valence-corrected chi connectivity index (χ3v) is 3.22. The molecular formula is C13H16N2S. The van der Waals surface area contributed by atoms with Gasteiger partial charge in [-0.15, -0.1) is 0 Å². The average molecular weight is 232 g/mol. The second kappa shape index (κ2) is 5.75. The molecular weight excluding hydrogens is 216 g/mol. The maximum absolute atomic E-state index is 4.17. The summed E-state index contributed by atoms with van der Waals surface area (Å²) in [7, 11) is 0. The van der Waals surface area contributed by atoms with Crippen molar-refractivity contribution >= 4 is 28.2 Å². The average Bonchev–Trinajstić information content (AvgIpc) is 2.35. The van der Waals surface area contributed by atoms with Crippen molar-refractivity contribution in [2.75, 3.05) is 23.9 Å². The van der Waals surface area contributed by atoms with Crippen molar-refractivity contribution in [3.05, 3.63) is 36.7 Å². The molecule has 0 spiro atoms. The first-order valence-corrected chi connectivity index (χ1v) is 6.87. The minimum Gasteiger partial charge on any atom is -0.384 e. The van der Waals surface area contributed by atoms with E-state index < -0.39 is 0 Å². The Morgan fingerprint density at radius 3 is 3.12 bits per heavy atom. The van der Waals surface area contributed by atoms with E-state index in [0.29, 0.717) is 0 Å². The van der Waals surface area contributed by atoms with Gasteiger partial charge in [0, 0.05) is 30.0 Å².